The maximum absolute atomic E-state index is 10.5. The zero-order valence-electron chi connectivity index (χ0n) is 9.60. The van der Waals surface area contributed by atoms with Crippen LogP contribution >= 0.6 is 0 Å². The SMILES string of the molecule is Cc1ccccc1-c1ncc(CCC(=O)O)[nH]1. The van der Waals surface area contributed by atoms with Crippen molar-refractivity contribution in [3.8, 4) is 11.4 Å². The van der Waals surface area contributed by atoms with Crippen LogP contribution in [0.1, 0.15) is 17.7 Å². The normalized spacial score (nSPS) is 10.4. The Morgan fingerprint density at radius 3 is 2.88 bits per heavy atom. The van der Waals surface area contributed by atoms with Crippen molar-refractivity contribution in [1.29, 1.82) is 0 Å². The number of aromatic nitrogens is 2. The van der Waals surface area contributed by atoms with Gasteiger partial charge in [0.15, 0.2) is 0 Å². The van der Waals surface area contributed by atoms with E-state index in [1.165, 1.54) is 0 Å². The van der Waals surface area contributed by atoms with Crippen LogP contribution in [0.2, 0.25) is 0 Å². The number of imidazole rings is 1. The van der Waals surface area contributed by atoms with Crippen molar-refractivity contribution in [2.75, 3.05) is 0 Å². The van der Waals surface area contributed by atoms with Crippen LogP contribution in [0.25, 0.3) is 11.4 Å². The van der Waals surface area contributed by atoms with Gasteiger partial charge in [-0.05, 0) is 18.9 Å². The van der Waals surface area contributed by atoms with Crippen LogP contribution < -0.4 is 0 Å². The lowest BCUT2D eigenvalue weighted by molar-refractivity contribution is -0.136. The van der Waals surface area contributed by atoms with Crippen molar-refractivity contribution >= 4 is 5.97 Å². The maximum Gasteiger partial charge on any atom is 0.303 e. The molecule has 4 nitrogen and oxygen atoms in total. The molecule has 0 saturated heterocycles. The molecule has 0 saturated carbocycles. The van der Waals surface area contributed by atoms with Crippen LogP contribution in [0.4, 0.5) is 0 Å². The van der Waals surface area contributed by atoms with Gasteiger partial charge in [0.25, 0.3) is 0 Å². The van der Waals surface area contributed by atoms with Crippen LogP contribution in [0.15, 0.2) is 30.5 Å². The molecule has 0 unspecified atom stereocenters. The highest BCUT2D eigenvalue weighted by Gasteiger charge is 2.06. The number of hydrogen-bond acceptors (Lipinski definition) is 2. The summed E-state index contributed by atoms with van der Waals surface area (Å²) in [5, 5.41) is 8.61. The topological polar surface area (TPSA) is 66.0 Å². The van der Waals surface area contributed by atoms with E-state index in [1.54, 1.807) is 6.20 Å². The lowest BCUT2D eigenvalue weighted by Gasteiger charge is -2.01. The molecule has 0 spiro atoms. The molecule has 0 radical (unpaired) electrons. The van der Waals surface area contributed by atoms with Crippen LogP contribution in [-0.2, 0) is 11.2 Å². The number of carboxylic acid groups (broad SMARTS) is 1. The highest BCUT2D eigenvalue weighted by Crippen LogP contribution is 2.19. The zero-order chi connectivity index (χ0) is 12.3. The molecule has 1 aromatic carbocycles. The van der Waals surface area contributed by atoms with Crippen molar-refractivity contribution in [3.63, 3.8) is 0 Å². The predicted octanol–water partition coefficient (Wildman–Crippen LogP) is 2.40. The molecule has 0 aliphatic heterocycles. The zero-order valence-corrected chi connectivity index (χ0v) is 9.60. The fourth-order valence-electron chi connectivity index (χ4n) is 1.70. The highest BCUT2D eigenvalue weighted by atomic mass is 16.4. The van der Waals surface area contributed by atoms with Gasteiger partial charge < -0.3 is 10.1 Å². The van der Waals surface area contributed by atoms with Crippen molar-refractivity contribution < 1.29 is 9.90 Å². The molecule has 1 aromatic heterocycles. The van der Waals surface area contributed by atoms with Gasteiger partial charge in [-0.25, -0.2) is 4.98 Å². The lowest BCUT2D eigenvalue weighted by Crippen LogP contribution is -1.97. The number of nitrogens with one attached hydrogen (secondary N) is 1. The maximum atomic E-state index is 10.5. The van der Waals surface area contributed by atoms with Gasteiger partial charge in [0.1, 0.15) is 5.82 Å². The Morgan fingerprint density at radius 2 is 2.18 bits per heavy atom. The first-order chi connectivity index (χ1) is 8.16. The third kappa shape index (κ3) is 2.72. The number of rotatable bonds is 4. The van der Waals surface area contributed by atoms with E-state index in [-0.39, 0.29) is 6.42 Å². The van der Waals surface area contributed by atoms with Gasteiger partial charge in [0.05, 0.1) is 6.42 Å². The second kappa shape index (κ2) is 4.82. The van der Waals surface area contributed by atoms with E-state index in [0.717, 1.165) is 22.6 Å². The number of hydrogen-bond donors (Lipinski definition) is 2. The Labute approximate surface area is 99.3 Å². The summed E-state index contributed by atoms with van der Waals surface area (Å²) in [6.45, 7) is 2.02. The van der Waals surface area contributed by atoms with E-state index in [2.05, 4.69) is 9.97 Å². The predicted molar refractivity (Wildman–Crippen MR) is 64.7 cm³/mol. The summed E-state index contributed by atoms with van der Waals surface area (Å²) in [5.74, 6) is 0.000491. The third-order valence-corrected chi connectivity index (χ3v) is 2.64. The summed E-state index contributed by atoms with van der Waals surface area (Å²) < 4.78 is 0. The van der Waals surface area contributed by atoms with Gasteiger partial charge in [0.2, 0.25) is 0 Å². The number of aryl methyl sites for hydroxylation is 2. The van der Waals surface area contributed by atoms with E-state index in [4.69, 9.17) is 5.11 Å². The average Bonchev–Trinajstić information content (AvgIpc) is 2.75. The minimum absolute atomic E-state index is 0.120. The number of benzene rings is 1. The molecule has 2 rings (SSSR count). The number of aromatic amines is 1. The number of carbonyl (C=O) groups is 1. The number of aliphatic carboxylic acids is 1. The van der Waals surface area contributed by atoms with Crippen LogP contribution in [0, 0.1) is 6.92 Å². The van der Waals surface area contributed by atoms with Gasteiger partial charge in [-0.1, -0.05) is 24.3 Å². The first-order valence-corrected chi connectivity index (χ1v) is 5.48. The van der Waals surface area contributed by atoms with Crippen molar-refractivity contribution in [1.82, 2.24) is 9.97 Å². The van der Waals surface area contributed by atoms with Gasteiger partial charge in [0, 0.05) is 17.5 Å². The van der Waals surface area contributed by atoms with Crippen molar-refractivity contribution in [2.24, 2.45) is 0 Å². The molecule has 0 aliphatic carbocycles. The van der Waals surface area contributed by atoms with Crippen molar-refractivity contribution in [2.45, 2.75) is 19.8 Å². The molecule has 4 heteroatoms. The fourth-order valence-corrected chi connectivity index (χ4v) is 1.70. The molecule has 0 atom stereocenters. The van der Waals surface area contributed by atoms with Crippen LogP contribution in [0.3, 0.4) is 0 Å². The largest absolute Gasteiger partial charge is 0.481 e. The molecule has 0 aliphatic rings. The fraction of sp³-hybridized carbons (Fsp3) is 0.231. The van der Waals surface area contributed by atoms with Crippen LogP contribution in [-0.4, -0.2) is 21.0 Å². The van der Waals surface area contributed by atoms with E-state index in [9.17, 15) is 4.79 Å². The standard InChI is InChI=1S/C13H14N2O2/c1-9-4-2-3-5-11(9)13-14-8-10(15-13)6-7-12(16)17/h2-5,8H,6-7H2,1H3,(H,14,15)(H,16,17). The lowest BCUT2D eigenvalue weighted by atomic mass is 10.1. The summed E-state index contributed by atoms with van der Waals surface area (Å²) >= 11 is 0. The van der Waals surface area contributed by atoms with E-state index >= 15 is 0 Å². The monoisotopic (exact) mass is 230 g/mol. The molecule has 1 heterocycles. The Morgan fingerprint density at radius 1 is 1.41 bits per heavy atom. The first kappa shape index (κ1) is 11.4. The summed E-state index contributed by atoms with van der Waals surface area (Å²) in [5.41, 5.74) is 3.05. The molecular formula is C13H14N2O2. The average molecular weight is 230 g/mol. The van der Waals surface area contributed by atoms with Gasteiger partial charge >= 0.3 is 5.97 Å². The first-order valence-electron chi connectivity index (χ1n) is 5.48. The molecule has 88 valence electrons. The second-order valence-electron chi connectivity index (χ2n) is 3.97. The van der Waals surface area contributed by atoms with Gasteiger partial charge in [-0.3, -0.25) is 4.79 Å². The minimum Gasteiger partial charge on any atom is -0.481 e. The quantitative estimate of drug-likeness (QED) is 0.847. The minimum atomic E-state index is -0.794. The molecule has 0 amide bonds. The number of H-pyrrole nitrogens is 1. The second-order valence-corrected chi connectivity index (χ2v) is 3.97. The van der Waals surface area contributed by atoms with E-state index in [0.29, 0.717) is 6.42 Å². The molecule has 17 heavy (non-hydrogen) atoms. The molecular weight excluding hydrogens is 216 g/mol. The number of carboxylic acids is 1. The summed E-state index contributed by atoms with van der Waals surface area (Å²) in [4.78, 5) is 17.9. The number of nitrogens with zero attached hydrogens (tertiary/aromatic N) is 1. The molecule has 2 aromatic rings. The van der Waals surface area contributed by atoms with Gasteiger partial charge in [-0.15, -0.1) is 0 Å². The van der Waals surface area contributed by atoms with Crippen LogP contribution in [0.5, 0.6) is 0 Å². The molecule has 0 fully saturated rings. The summed E-state index contributed by atoms with van der Waals surface area (Å²) in [6, 6.07) is 7.96. The van der Waals surface area contributed by atoms with E-state index < -0.39 is 5.97 Å². The molecule has 2 N–H and O–H groups in total. The third-order valence-electron chi connectivity index (χ3n) is 2.64. The highest BCUT2D eigenvalue weighted by molar-refractivity contribution is 5.67. The Balaban J connectivity index is 2.18. The Bertz CT molecular complexity index is 532. The van der Waals surface area contributed by atoms with Gasteiger partial charge in [-0.2, -0.15) is 0 Å². The summed E-state index contributed by atoms with van der Waals surface area (Å²) in [7, 11) is 0. The Kier molecular flexibility index (Phi) is 3.23. The van der Waals surface area contributed by atoms with Crippen molar-refractivity contribution in [3.05, 3.63) is 41.7 Å². The smallest absolute Gasteiger partial charge is 0.303 e. The Hall–Kier alpha value is -2.10. The van der Waals surface area contributed by atoms with E-state index in [1.807, 2.05) is 31.2 Å². The molecule has 0 bridgehead atoms. The summed E-state index contributed by atoms with van der Waals surface area (Å²) in [6.07, 6.45) is 2.30.